The molecule has 0 saturated carbocycles. The van der Waals surface area contributed by atoms with Crippen LogP contribution in [0, 0.1) is 0 Å². The van der Waals surface area contributed by atoms with Crippen LogP contribution in [0.25, 0.3) is 0 Å². The van der Waals surface area contributed by atoms with Gasteiger partial charge in [-0.1, -0.05) is 30.3 Å². The zero-order valence-electron chi connectivity index (χ0n) is 17.3. The van der Waals surface area contributed by atoms with E-state index in [-0.39, 0.29) is 11.9 Å². The van der Waals surface area contributed by atoms with Gasteiger partial charge in [0.05, 0.1) is 18.7 Å². The minimum atomic E-state index is -0.286. The van der Waals surface area contributed by atoms with Gasteiger partial charge in [-0.15, -0.1) is 0 Å². The molecule has 0 bridgehead atoms. The summed E-state index contributed by atoms with van der Waals surface area (Å²) in [4.78, 5) is 17.2. The molecule has 0 radical (unpaired) electrons. The first-order chi connectivity index (χ1) is 14.0. The van der Waals surface area contributed by atoms with Gasteiger partial charge in [0.1, 0.15) is 5.75 Å². The lowest BCUT2D eigenvalue weighted by molar-refractivity contribution is -0.127. The summed E-state index contributed by atoms with van der Waals surface area (Å²) in [5, 5.41) is 3.96. The van der Waals surface area contributed by atoms with Gasteiger partial charge >= 0.3 is 0 Å². The third-order valence-electron chi connectivity index (χ3n) is 5.23. The van der Waals surface area contributed by atoms with Crippen LogP contribution in [0.2, 0.25) is 0 Å². The van der Waals surface area contributed by atoms with Crippen LogP contribution in [0.4, 0.5) is 5.69 Å². The lowest BCUT2D eigenvalue weighted by Crippen LogP contribution is -2.50. The van der Waals surface area contributed by atoms with Crippen LogP contribution < -0.4 is 15.0 Å². The van der Waals surface area contributed by atoms with E-state index in [9.17, 15) is 4.79 Å². The third kappa shape index (κ3) is 4.12. The first-order valence-corrected chi connectivity index (χ1v) is 10.2. The van der Waals surface area contributed by atoms with Crippen LogP contribution in [-0.2, 0) is 4.79 Å². The molecule has 1 N–H and O–H groups in total. The van der Waals surface area contributed by atoms with E-state index in [1.165, 1.54) is 0 Å². The van der Waals surface area contributed by atoms with Gasteiger partial charge in [0.25, 0.3) is 5.91 Å². The van der Waals surface area contributed by atoms with Crippen molar-refractivity contribution in [2.45, 2.75) is 26.8 Å². The second kappa shape index (κ2) is 9.09. The molecule has 1 unspecified atom stereocenters. The average Bonchev–Trinajstić information content (AvgIpc) is 2.75. The molecule has 5 nitrogen and oxygen atoms in total. The Labute approximate surface area is 178 Å². The van der Waals surface area contributed by atoms with Crippen LogP contribution in [-0.4, -0.2) is 36.1 Å². The molecule has 1 heterocycles. The lowest BCUT2D eigenvalue weighted by Gasteiger charge is -2.39. The largest absolute Gasteiger partial charge is 0.497 e. The summed E-state index contributed by atoms with van der Waals surface area (Å²) in [6.45, 7) is 7.26. The summed E-state index contributed by atoms with van der Waals surface area (Å²) in [5.74, 6) is 0.794. The number of likely N-dealkylation sites (N-methyl/N-ethyl adjacent to an activating group) is 1. The smallest absolute Gasteiger partial charge is 0.253 e. The summed E-state index contributed by atoms with van der Waals surface area (Å²) in [6, 6.07) is 17.3. The quantitative estimate of drug-likeness (QED) is 0.722. The minimum Gasteiger partial charge on any atom is -0.497 e. The number of carbonyl (C=O) groups is 1. The number of nitrogens with one attached hydrogen (secondary N) is 1. The van der Waals surface area contributed by atoms with Crippen LogP contribution in [0.5, 0.6) is 5.75 Å². The van der Waals surface area contributed by atoms with Crippen molar-refractivity contribution < 1.29 is 9.53 Å². The molecular formula is C23H27N3O2S. The zero-order valence-corrected chi connectivity index (χ0v) is 18.1. The molecule has 2 aromatic carbocycles. The maximum absolute atomic E-state index is 13.5. The van der Waals surface area contributed by atoms with Gasteiger partial charge in [0.2, 0.25) is 0 Å². The highest BCUT2D eigenvalue weighted by molar-refractivity contribution is 7.80. The first-order valence-electron chi connectivity index (χ1n) is 9.81. The van der Waals surface area contributed by atoms with Crippen molar-refractivity contribution in [2.75, 3.05) is 25.1 Å². The van der Waals surface area contributed by atoms with Crippen LogP contribution >= 0.6 is 12.2 Å². The fourth-order valence-electron chi connectivity index (χ4n) is 3.64. The molecule has 1 aliphatic heterocycles. The van der Waals surface area contributed by atoms with E-state index >= 15 is 0 Å². The van der Waals surface area contributed by atoms with Crippen molar-refractivity contribution in [2.24, 2.45) is 0 Å². The van der Waals surface area contributed by atoms with E-state index in [1.807, 2.05) is 85.2 Å². The number of benzene rings is 2. The number of thiocarbonyl (C=S) groups is 1. The van der Waals surface area contributed by atoms with E-state index in [2.05, 4.69) is 5.32 Å². The van der Waals surface area contributed by atoms with Gasteiger partial charge in [-0.05, 0) is 62.8 Å². The molecule has 0 saturated heterocycles. The van der Waals surface area contributed by atoms with Gasteiger partial charge in [0.15, 0.2) is 5.11 Å². The van der Waals surface area contributed by atoms with Gasteiger partial charge < -0.3 is 15.0 Å². The fourth-order valence-corrected chi connectivity index (χ4v) is 4.00. The number of amides is 1. The number of hydrogen-bond donors (Lipinski definition) is 1. The summed E-state index contributed by atoms with van der Waals surface area (Å²) >= 11 is 5.71. The third-order valence-corrected chi connectivity index (χ3v) is 5.53. The topological polar surface area (TPSA) is 44.8 Å². The predicted molar refractivity (Wildman–Crippen MR) is 121 cm³/mol. The molecule has 1 atom stereocenters. The molecule has 2 aromatic rings. The van der Waals surface area contributed by atoms with E-state index in [0.29, 0.717) is 23.8 Å². The number of hydrogen-bond acceptors (Lipinski definition) is 3. The highest BCUT2D eigenvalue weighted by Crippen LogP contribution is 2.35. The highest BCUT2D eigenvalue weighted by atomic mass is 32.1. The Morgan fingerprint density at radius 3 is 2.28 bits per heavy atom. The second-order valence-electron chi connectivity index (χ2n) is 6.80. The van der Waals surface area contributed by atoms with Crippen LogP contribution in [0.1, 0.15) is 32.4 Å². The van der Waals surface area contributed by atoms with E-state index in [4.69, 9.17) is 17.0 Å². The van der Waals surface area contributed by atoms with Crippen molar-refractivity contribution in [1.29, 1.82) is 0 Å². The lowest BCUT2D eigenvalue weighted by atomic mass is 9.93. The Morgan fingerprint density at radius 1 is 1.10 bits per heavy atom. The average molecular weight is 410 g/mol. The number of rotatable bonds is 6. The van der Waals surface area contributed by atoms with Crippen molar-refractivity contribution in [3.63, 3.8) is 0 Å². The second-order valence-corrected chi connectivity index (χ2v) is 7.19. The van der Waals surface area contributed by atoms with Gasteiger partial charge in [-0.25, -0.2) is 0 Å². The Morgan fingerprint density at radius 2 is 1.72 bits per heavy atom. The van der Waals surface area contributed by atoms with Crippen molar-refractivity contribution >= 4 is 28.9 Å². The number of anilines is 1. The molecule has 0 aliphatic carbocycles. The number of allylic oxidation sites excluding steroid dienone is 1. The Hall–Kier alpha value is -2.86. The molecule has 0 fully saturated rings. The SMILES string of the molecule is CCN(CC)C(=O)C1=C(C)N(c2ccc(OC)cc2)C(=S)NC1c1ccccc1. The van der Waals surface area contributed by atoms with Gasteiger partial charge in [-0.2, -0.15) is 0 Å². The predicted octanol–water partition coefficient (Wildman–Crippen LogP) is 4.27. The minimum absolute atomic E-state index is 0.0230. The summed E-state index contributed by atoms with van der Waals surface area (Å²) in [7, 11) is 1.64. The van der Waals surface area contributed by atoms with E-state index in [0.717, 1.165) is 22.7 Å². The molecule has 1 aliphatic rings. The molecule has 0 aromatic heterocycles. The maximum Gasteiger partial charge on any atom is 0.253 e. The molecule has 1 amide bonds. The molecule has 152 valence electrons. The van der Waals surface area contributed by atoms with E-state index < -0.39 is 0 Å². The monoisotopic (exact) mass is 409 g/mol. The number of methoxy groups -OCH3 is 1. The van der Waals surface area contributed by atoms with Gasteiger partial charge in [0, 0.05) is 24.5 Å². The van der Waals surface area contributed by atoms with Crippen molar-refractivity contribution in [1.82, 2.24) is 10.2 Å². The molecule has 0 spiro atoms. The fraction of sp³-hybridized carbons (Fsp3) is 0.304. The Bertz CT molecular complexity index is 905. The number of carbonyl (C=O) groups excluding carboxylic acids is 1. The van der Waals surface area contributed by atoms with Gasteiger partial charge in [-0.3, -0.25) is 9.69 Å². The summed E-state index contributed by atoms with van der Waals surface area (Å²) < 4.78 is 5.27. The first kappa shape index (κ1) is 20.9. The van der Waals surface area contributed by atoms with Crippen LogP contribution in [0.15, 0.2) is 65.9 Å². The van der Waals surface area contributed by atoms with Crippen LogP contribution in [0.3, 0.4) is 0 Å². The molecular weight excluding hydrogens is 382 g/mol. The maximum atomic E-state index is 13.5. The van der Waals surface area contributed by atoms with E-state index in [1.54, 1.807) is 7.11 Å². The number of nitrogens with zero attached hydrogens (tertiary/aromatic N) is 2. The van der Waals surface area contributed by atoms with Crippen molar-refractivity contribution in [3.8, 4) is 5.75 Å². The standard InChI is InChI=1S/C23H27N3O2S/c1-5-25(6-2)22(27)20-16(3)26(18-12-14-19(28-4)15-13-18)23(29)24-21(20)17-10-8-7-9-11-17/h7-15,21H,5-6H2,1-4H3,(H,24,29). The molecule has 3 rings (SSSR count). The normalized spacial score (nSPS) is 16.5. The Balaban J connectivity index is 2.13. The number of ether oxygens (including phenoxy) is 1. The summed E-state index contributed by atoms with van der Waals surface area (Å²) in [6.07, 6.45) is 0. The molecule has 6 heteroatoms. The zero-order chi connectivity index (χ0) is 21.0. The Kier molecular flexibility index (Phi) is 6.54. The molecule has 29 heavy (non-hydrogen) atoms. The summed E-state index contributed by atoms with van der Waals surface area (Å²) in [5.41, 5.74) is 3.45. The highest BCUT2D eigenvalue weighted by Gasteiger charge is 2.35. The van der Waals surface area contributed by atoms with Crippen molar-refractivity contribution in [3.05, 3.63) is 71.4 Å².